The molecule has 0 aromatic rings. The third-order valence-electron chi connectivity index (χ3n) is 3.76. The van der Waals surface area contributed by atoms with Crippen molar-refractivity contribution in [1.82, 2.24) is 5.32 Å². The van der Waals surface area contributed by atoms with Crippen LogP contribution in [-0.4, -0.2) is 11.5 Å². The fourth-order valence-electron chi connectivity index (χ4n) is 2.90. The minimum absolute atomic E-state index is 0.0129. The number of thioether (sulfide) groups is 1. The summed E-state index contributed by atoms with van der Waals surface area (Å²) in [5.41, 5.74) is 2.47. The minimum Gasteiger partial charge on any atom is -0.352 e. The molecule has 3 nitrogen and oxygen atoms in total. The van der Waals surface area contributed by atoms with E-state index in [9.17, 15) is 10.1 Å². The average Bonchev–Trinajstić information content (AvgIpc) is 2.34. The fourth-order valence-corrected chi connectivity index (χ4v) is 3.76. The van der Waals surface area contributed by atoms with Gasteiger partial charge in [0.1, 0.15) is 0 Å². The molecule has 1 unspecified atom stereocenters. The van der Waals surface area contributed by atoms with E-state index in [1.54, 1.807) is 11.8 Å². The van der Waals surface area contributed by atoms with Crippen LogP contribution in [0.3, 0.4) is 0 Å². The van der Waals surface area contributed by atoms with Crippen molar-refractivity contribution in [3.63, 3.8) is 0 Å². The van der Waals surface area contributed by atoms with Crippen molar-refractivity contribution in [2.24, 2.45) is 11.3 Å². The molecular weight excluding hydrogens is 268 g/mol. The van der Waals surface area contributed by atoms with Gasteiger partial charge in [0.15, 0.2) is 5.78 Å². The quantitative estimate of drug-likeness (QED) is 0.807. The Kier molecular flexibility index (Phi) is 4.10. The molecule has 2 rings (SSSR count). The highest BCUT2D eigenvalue weighted by molar-refractivity contribution is 8.03. The summed E-state index contributed by atoms with van der Waals surface area (Å²) < 4.78 is 0. The monoisotopic (exact) mass is 288 g/mol. The molecule has 1 aliphatic heterocycles. The van der Waals surface area contributed by atoms with E-state index in [1.165, 1.54) is 0 Å². The van der Waals surface area contributed by atoms with Crippen molar-refractivity contribution in [1.29, 1.82) is 5.26 Å². The van der Waals surface area contributed by atoms with E-state index in [-0.39, 0.29) is 17.1 Å². The van der Waals surface area contributed by atoms with Crippen LogP contribution in [0.25, 0.3) is 0 Å². The molecule has 1 atom stereocenters. The Morgan fingerprint density at radius 1 is 1.55 bits per heavy atom. The van der Waals surface area contributed by atoms with E-state index >= 15 is 0 Å². The molecule has 0 spiro atoms. The second kappa shape index (κ2) is 5.49. The molecule has 1 N–H and O–H groups in total. The van der Waals surface area contributed by atoms with Crippen molar-refractivity contribution >= 4 is 17.5 Å². The molecule has 0 amide bonds. The van der Waals surface area contributed by atoms with Crippen molar-refractivity contribution < 1.29 is 4.79 Å². The van der Waals surface area contributed by atoms with E-state index in [0.29, 0.717) is 12.0 Å². The third-order valence-corrected chi connectivity index (χ3v) is 4.77. The highest BCUT2D eigenvalue weighted by Crippen LogP contribution is 2.43. The lowest BCUT2D eigenvalue weighted by Crippen LogP contribution is -2.36. The molecule has 0 bridgehead atoms. The summed E-state index contributed by atoms with van der Waals surface area (Å²) >= 11 is 1.57. The van der Waals surface area contributed by atoms with Gasteiger partial charge in [-0.1, -0.05) is 26.8 Å². The first-order valence-electron chi connectivity index (χ1n) is 6.81. The van der Waals surface area contributed by atoms with Crippen LogP contribution >= 0.6 is 11.8 Å². The molecule has 1 aliphatic carbocycles. The summed E-state index contributed by atoms with van der Waals surface area (Å²) in [5.74, 6) is 0.823. The van der Waals surface area contributed by atoms with E-state index in [1.807, 2.05) is 13.0 Å². The number of nitrogens with zero attached hydrogens (tertiary/aromatic N) is 1. The predicted octanol–water partition coefficient (Wildman–Crippen LogP) is 3.52. The van der Waals surface area contributed by atoms with Crippen molar-refractivity contribution in [2.45, 2.75) is 33.6 Å². The molecule has 0 fully saturated rings. The molecule has 1 heterocycles. The van der Waals surface area contributed by atoms with Crippen molar-refractivity contribution in [2.75, 3.05) is 5.75 Å². The van der Waals surface area contributed by atoms with Gasteiger partial charge in [-0.3, -0.25) is 4.79 Å². The second-order valence-corrected chi connectivity index (χ2v) is 7.16. The molecule has 0 aromatic carbocycles. The lowest BCUT2D eigenvalue weighted by atomic mass is 9.71. The zero-order chi connectivity index (χ0) is 14.9. The number of dihydropyridines is 1. The van der Waals surface area contributed by atoms with Crippen LogP contribution in [0.15, 0.2) is 34.5 Å². The largest absolute Gasteiger partial charge is 0.352 e. The molecule has 0 saturated heterocycles. The first kappa shape index (κ1) is 14.9. The van der Waals surface area contributed by atoms with E-state index in [2.05, 4.69) is 31.8 Å². The van der Waals surface area contributed by atoms with Gasteiger partial charge in [-0.25, -0.2) is 0 Å². The number of carbonyl (C=O) groups excluding carboxylic acids is 1. The lowest BCUT2D eigenvalue weighted by molar-refractivity contribution is -0.118. The van der Waals surface area contributed by atoms with Gasteiger partial charge < -0.3 is 5.32 Å². The smallest absolute Gasteiger partial charge is 0.161 e. The third kappa shape index (κ3) is 2.69. The number of hydrogen-bond donors (Lipinski definition) is 1. The first-order valence-corrected chi connectivity index (χ1v) is 7.79. The van der Waals surface area contributed by atoms with Gasteiger partial charge in [-0.15, -0.1) is 18.3 Å². The summed E-state index contributed by atoms with van der Waals surface area (Å²) in [7, 11) is 0. The zero-order valence-corrected chi connectivity index (χ0v) is 13.1. The number of Topliss-reactive ketones (excluding diaryl/α,β-unsaturated/α-hetero) is 1. The number of ketones is 1. The lowest BCUT2D eigenvalue weighted by Gasteiger charge is -2.37. The number of rotatable bonds is 3. The highest BCUT2D eigenvalue weighted by Gasteiger charge is 2.39. The van der Waals surface area contributed by atoms with Crippen LogP contribution in [-0.2, 0) is 4.79 Å². The van der Waals surface area contributed by atoms with Gasteiger partial charge >= 0.3 is 0 Å². The molecule has 0 saturated carbocycles. The Morgan fingerprint density at radius 3 is 2.85 bits per heavy atom. The van der Waals surface area contributed by atoms with Gasteiger partial charge in [0.2, 0.25) is 0 Å². The number of nitriles is 1. The van der Waals surface area contributed by atoms with Crippen LogP contribution in [0, 0.1) is 22.7 Å². The van der Waals surface area contributed by atoms with Gasteiger partial charge in [0.05, 0.1) is 16.7 Å². The average molecular weight is 288 g/mol. The van der Waals surface area contributed by atoms with Crippen LogP contribution in [0.5, 0.6) is 0 Å². The maximum absolute atomic E-state index is 12.4. The van der Waals surface area contributed by atoms with E-state index < -0.39 is 0 Å². The molecule has 4 heteroatoms. The number of carbonyl (C=O) groups is 1. The number of allylic oxidation sites excluding steroid dienone is 3. The summed E-state index contributed by atoms with van der Waals surface area (Å²) in [6, 6.07) is 2.26. The van der Waals surface area contributed by atoms with Gasteiger partial charge in [-0.05, 0) is 11.8 Å². The number of hydrogen-bond acceptors (Lipinski definition) is 4. The predicted molar refractivity (Wildman–Crippen MR) is 82.6 cm³/mol. The fraction of sp³-hybridized carbons (Fsp3) is 0.500. The van der Waals surface area contributed by atoms with Crippen molar-refractivity contribution in [3.8, 4) is 6.07 Å². The maximum Gasteiger partial charge on any atom is 0.161 e. The maximum atomic E-state index is 12.4. The molecule has 0 aromatic heterocycles. The Labute approximate surface area is 124 Å². The SMILES string of the molecule is C=CCSC1=C(C#N)C(C)C2=C(CC(C)(C)CC2=O)N1. The van der Waals surface area contributed by atoms with Crippen LogP contribution in [0.4, 0.5) is 0 Å². The number of nitrogens with one attached hydrogen (secondary N) is 1. The van der Waals surface area contributed by atoms with E-state index in [4.69, 9.17) is 0 Å². The molecule has 0 radical (unpaired) electrons. The summed E-state index contributed by atoms with van der Waals surface area (Å²) in [6.07, 6.45) is 3.24. The molecule has 106 valence electrons. The molecule has 2 aliphatic rings. The Bertz CT molecular complexity index is 564. The minimum atomic E-state index is -0.104. The molecule has 20 heavy (non-hydrogen) atoms. The zero-order valence-electron chi connectivity index (χ0n) is 12.2. The van der Waals surface area contributed by atoms with Gasteiger partial charge in [0, 0.05) is 29.4 Å². The van der Waals surface area contributed by atoms with E-state index in [0.717, 1.165) is 28.5 Å². The molecular formula is C16H20N2OS. The normalized spacial score (nSPS) is 24.9. The van der Waals surface area contributed by atoms with Crippen molar-refractivity contribution in [3.05, 3.63) is 34.5 Å². The summed E-state index contributed by atoms with van der Waals surface area (Å²) in [6.45, 7) is 9.89. The Balaban J connectivity index is 2.38. The van der Waals surface area contributed by atoms with Crippen LogP contribution < -0.4 is 5.32 Å². The highest BCUT2D eigenvalue weighted by atomic mass is 32.2. The summed E-state index contributed by atoms with van der Waals surface area (Å²) in [4.78, 5) is 12.4. The standard InChI is InChI=1S/C16H20N2OS/c1-5-6-20-15-11(9-17)10(2)14-12(18-15)7-16(3,4)8-13(14)19/h5,10,18H,1,6-8H2,2-4H3. The Morgan fingerprint density at radius 2 is 2.25 bits per heavy atom. The van der Waals surface area contributed by atoms with Gasteiger partial charge in [-0.2, -0.15) is 5.26 Å². The topological polar surface area (TPSA) is 52.9 Å². The Hall–Kier alpha value is -1.47. The second-order valence-electron chi connectivity index (χ2n) is 6.13. The van der Waals surface area contributed by atoms with Gasteiger partial charge in [0.25, 0.3) is 0 Å². The first-order chi connectivity index (χ1) is 9.39. The van der Waals surface area contributed by atoms with Crippen LogP contribution in [0.1, 0.15) is 33.6 Å². The summed E-state index contributed by atoms with van der Waals surface area (Å²) in [5, 5.41) is 13.6. The van der Waals surface area contributed by atoms with Crippen LogP contribution in [0.2, 0.25) is 0 Å².